The normalized spacial score (nSPS) is 10.1. The third-order valence-electron chi connectivity index (χ3n) is 1.36. The van der Waals surface area contributed by atoms with Gasteiger partial charge in [-0.1, -0.05) is 11.3 Å². The summed E-state index contributed by atoms with van der Waals surface area (Å²) < 4.78 is 0. The lowest BCUT2D eigenvalue weighted by Gasteiger charge is -2.07. The number of rotatable bonds is 3. The highest BCUT2D eigenvalue weighted by atomic mass is 32.1. The molecule has 15 heavy (non-hydrogen) atoms. The summed E-state index contributed by atoms with van der Waals surface area (Å²) in [7, 11) is 0. The first-order valence-corrected chi connectivity index (χ1v) is 5.07. The molecule has 0 fully saturated rings. The molecule has 2 amide bonds. The first-order chi connectivity index (χ1) is 6.99. The summed E-state index contributed by atoms with van der Waals surface area (Å²) in [5, 5.41) is 13.9. The lowest BCUT2D eigenvalue weighted by atomic mass is 10.4. The minimum absolute atomic E-state index is 0.0175. The van der Waals surface area contributed by atoms with Crippen LogP contribution < -0.4 is 10.6 Å². The molecule has 0 aliphatic rings. The Labute approximate surface area is 90.3 Å². The number of carbonyl (C=O) groups excluding carboxylic acids is 1. The van der Waals surface area contributed by atoms with Crippen molar-refractivity contribution in [3.8, 4) is 0 Å². The number of carboxylic acids is 1. The average Bonchev–Trinajstić information content (AvgIpc) is 2.50. The quantitative estimate of drug-likeness (QED) is 0.730. The average molecular weight is 229 g/mol. The Kier molecular flexibility index (Phi) is 3.62. The molecule has 1 heterocycles. The maximum absolute atomic E-state index is 11.2. The number of nitrogens with zero attached hydrogens (tertiary/aromatic N) is 1. The summed E-state index contributed by atoms with van der Waals surface area (Å²) >= 11 is 0.914. The van der Waals surface area contributed by atoms with Crippen LogP contribution in [0.1, 0.15) is 23.5 Å². The van der Waals surface area contributed by atoms with E-state index >= 15 is 0 Å². The third kappa shape index (κ3) is 3.55. The molecule has 0 bridgehead atoms. The van der Waals surface area contributed by atoms with E-state index in [1.54, 1.807) is 0 Å². The van der Waals surface area contributed by atoms with Crippen molar-refractivity contribution in [2.45, 2.75) is 19.9 Å². The fourth-order valence-corrected chi connectivity index (χ4v) is 1.48. The Balaban J connectivity index is 2.57. The van der Waals surface area contributed by atoms with E-state index in [1.807, 2.05) is 13.8 Å². The van der Waals surface area contributed by atoms with Gasteiger partial charge >= 0.3 is 12.0 Å². The van der Waals surface area contributed by atoms with E-state index in [1.165, 1.54) is 6.20 Å². The zero-order valence-corrected chi connectivity index (χ0v) is 9.09. The summed E-state index contributed by atoms with van der Waals surface area (Å²) in [5.41, 5.74) is 0. The Morgan fingerprint density at radius 2 is 2.20 bits per heavy atom. The van der Waals surface area contributed by atoms with Crippen molar-refractivity contribution < 1.29 is 14.7 Å². The van der Waals surface area contributed by atoms with Crippen LogP contribution in [-0.4, -0.2) is 28.1 Å². The van der Waals surface area contributed by atoms with Crippen molar-refractivity contribution in [3.05, 3.63) is 11.1 Å². The molecule has 3 N–H and O–H groups in total. The lowest BCUT2D eigenvalue weighted by Crippen LogP contribution is -2.34. The standard InChI is InChI=1S/C8H11N3O3S/c1-4(2)10-7(14)11-8-9-3-5(15-8)6(12)13/h3-4H,1-2H3,(H,12,13)(H2,9,10,11,14). The molecule has 0 aliphatic carbocycles. The zero-order chi connectivity index (χ0) is 11.4. The van der Waals surface area contributed by atoms with Gasteiger partial charge in [0.15, 0.2) is 5.13 Å². The second-order valence-corrected chi connectivity index (χ2v) is 4.12. The number of amides is 2. The molecular weight excluding hydrogens is 218 g/mol. The van der Waals surface area contributed by atoms with Crippen molar-refractivity contribution >= 4 is 28.5 Å². The monoisotopic (exact) mass is 229 g/mol. The van der Waals surface area contributed by atoms with Crippen LogP contribution in [0.15, 0.2) is 6.20 Å². The van der Waals surface area contributed by atoms with Crippen molar-refractivity contribution in [2.24, 2.45) is 0 Å². The molecule has 7 heteroatoms. The van der Waals surface area contributed by atoms with Gasteiger partial charge in [-0.25, -0.2) is 14.6 Å². The predicted molar refractivity (Wildman–Crippen MR) is 56.4 cm³/mol. The van der Waals surface area contributed by atoms with Crippen LogP contribution >= 0.6 is 11.3 Å². The van der Waals surface area contributed by atoms with Gasteiger partial charge in [0.25, 0.3) is 0 Å². The predicted octanol–water partition coefficient (Wildman–Crippen LogP) is 1.37. The van der Waals surface area contributed by atoms with Gasteiger partial charge in [-0.15, -0.1) is 0 Å². The van der Waals surface area contributed by atoms with E-state index < -0.39 is 12.0 Å². The first kappa shape index (κ1) is 11.4. The second kappa shape index (κ2) is 4.74. The Bertz CT molecular complexity index is 375. The summed E-state index contributed by atoms with van der Waals surface area (Å²) in [5.74, 6) is -1.05. The molecule has 0 spiro atoms. The summed E-state index contributed by atoms with van der Waals surface area (Å²) in [6.07, 6.45) is 1.21. The minimum atomic E-state index is -1.05. The number of urea groups is 1. The number of aromatic carboxylic acids is 1. The molecule has 0 aliphatic heterocycles. The number of hydrogen-bond donors (Lipinski definition) is 3. The summed E-state index contributed by atoms with van der Waals surface area (Å²) in [6.45, 7) is 3.65. The van der Waals surface area contributed by atoms with Gasteiger partial charge in [-0.3, -0.25) is 5.32 Å². The number of carboxylic acid groups (broad SMARTS) is 1. The first-order valence-electron chi connectivity index (χ1n) is 4.25. The van der Waals surface area contributed by atoms with E-state index in [-0.39, 0.29) is 16.1 Å². The van der Waals surface area contributed by atoms with Gasteiger partial charge in [-0.2, -0.15) is 0 Å². The number of anilines is 1. The highest BCUT2D eigenvalue weighted by Gasteiger charge is 2.10. The number of aromatic nitrogens is 1. The van der Waals surface area contributed by atoms with Gasteiger partial charge in [0.05, 0.1) is 6.20 Å². The smallest absolute Gasteiger partial charge is 0.347 e. The molecule has 0 radical (unpaired) electrons. The van der Waals surface area contributed by atoms with Crippen molar-refractivity contribution in [1.29, 1.82) is 0 Å². The van der Waals surface area contributed by atoms with E-state index in [4.69, 9.17) is 5.11 Å². The molecule has 0 unspecified atom stereocenters. The van der Waals surface area contributed by atoms with Crippen LogP contribution in [0.5, 0.6) is 0 Å². The van der Waals surface area contributed by atoms with E-state index in [9.17, 15) is 9.59 Å². The topological polar surface area (TPSA) is 91.3 Å². The fraction of sp³-hybridized carbons (Fsp3) is 0.375. The molecule has 0 saturated carbocycles. The van der Waals surface area contributed by atoms with E-state index in [0.29, 0.717) is 0 Å². The Hall–Kier alpha value is -1.63. The zero-order valence-electron chi connectivity index (χ0n) is 8.27. The van der Waals surface area contributed by atoms with Gasteiger partial charge in [0.2, 0.25) is 0 Å². The van der Waals surface area contributed by atoms with Crippen LogP contribution in [0.2, 0.25) is 0 Å². The van der Waals surface area contributed by atoms with Crippen LogP contribution in [0.3, 0.4) is 0 Å². The van der Waals surface area contributed by atoms with Gasteiger partial charge in [0.1, 0.15) is 4.88 Å². The maximum atomic E-state index is 11.2. The summed E-state index contributed by atoms with van der Waals surface area (Å²) in [6, 6.07) is -0.375. The van der Waals surface area contributed by atoms with Crippen molar-refractivity contribution in [1.82, 2.24) is 10.3 Å². The number of hydrogen-bond acceptors (Lipinski definition) is 4. The van der Waals surface area contributed by atoms with Gasteiger partial charge in [-0.05, 0) is 13.8 Å². The molecule has 1 aromatic heterocycles. The SMILES string of the molecule is CC(C)NC(=O)Nc1ncc(C(=O)O)s1. The summed E-state index contributed by atoms with van der Waals surface area (Å²) in [4.78, 5) is 25.6. The molecule has 0 aromatic carbocycles. The lowest BCUT2D eigenvalue weighted by molar-refractivity contribution is 0.0702. The number of carbonyl (C=O) groups is 2. The Morgan fingerprint density at radius 3 is 2.67 bits per heavy atom. The second-order valence-electron chi connectivity index (χ2n) is 3.09. The van der Waals surface area contributed by atoms with E-state index in [0.717, 1.165) is 11.3 Å². The van der Waals surface area contributed by atoms with Crippen molar-refractivity contribution in [3.63, 3.8) is 0 Å². The van der Waals surface area contributed by atoms with Crippen molar-refractivity contribution in [2.75, 3.05) is 5.32 Å². The van der Waals surface area contributed by atoms with Gasteiger partial charge < -0.3 is 10.4 Å². The molecule has 0 saturated heterocycles. The highest BCUT2D eigenvalue weighted by Crippen LogP contribution is 2.17. The number of nitrogens with one attached hydrogen (secondary N) is 2. The molecule has 0 atom stereocenters. The maximum Gasteiger partial charge on any atom is 0.347 e. The third-order valence-corrected chi connectivity index (χ3v) is 2.26. The van der Waals surface area contributed by atoms with Crippen LogP contribution in [0.4, 0.5) is 9.93 Å². The largest absolute Gasteiger partial charge is 0.477 e. The molecule has 1 aromatic rings. The fourth-order valence-electron chi connectivity index (χ4n) is 0.826. The molecular formula is C8H11N3O3S. The molecule has 82 valence electrons. The highest BCUT2D eigenvalue weighted by molar-refractivity contribution is 7.17. The molecule has 6 nitrogen and oxygen atoms in total. The Morgan fingerprint density at radius 1 is 1.53 bits per heavy atom. The van der Waals surface area contributed by atoms with E-state index in [2.05, 4.69) is 15.6 Å². The minimum Gasteiger partial charge on any atom is -0.477 e. The number of thiazole rings is 1. The van der Waals surface area contributed by atoms with Crippen LogP contribution in [-0.2, 0) is 0 Å². The van der Waals surface area contributed by atoms with Crippen LogP contribution in [0, 0.1) is 0 Å². The van der Waals surface area contributed by atoms with Crippen LogP contribution in [0.25, 0.3) is 0 Å². The van der Waals surface area contributed by atoms with Gasteiger partial charge in [0, 0.05) is 6.04 Å². The molecule has 1 rings (SSSR count).